The summed E-state index contributed by atoms with van der Waals surface area (Å²) in [6, 6.07) is 5.58. The van der Waals surface area contributed by atoms with Gasteiger partial charge < -0.3 is 9.47 Å². The summed E-state index contributed by atoms with van der Waals surface area (Å²) < 4.78 is 15.9. The molecule has 2 heterocycles. The molecule has 108 valence electrons. The molecule has 0 bridgehead atoms. The fourth-order valence-electron chi connectivity index (χ4n) is 3.05. The highest BCUT2D eigenvalue weighted by Gasteiger charge is 2.22. The number of benzene rings is 1. The van der Waals surface area contributed by atoms with Crippen molar-refractivity contribution < 1.29 is 4.39 Å². The van der Waals surface area contributed by atoms with Gasteiger partial charge in [-0.15, -0.1) is 11.6 Å². The Bertz CT molecular complexity index is 610. The van der Waals surface area contributed by atoms with Crippen LogP contribution in [0.1, 0.15) is 25.1 Å². The molecule has 0 aliphatic carbocycles. The average Bonchev–Trinajstić information content (AvgIpc) is 2.81. The maximum Gasteiger partial charge on any atom is 0.151 e. The van der Waals surface area contributed by atoms with Gasteiger partial charge in [-0.2, -0.15) is 0 Å². The van der Waals surface area contributed by atoms with Crippen molar-refractivity contribution in [2.45, 2.75) is 37.7 Å². The molecule has 0 N–H and O–H groups in total. The molecule has 1 unspecified atom stereocenters. The van der Waals surface area contributed by atoms with Crippen LogP contribution >= 0.6 is 11.6 Å². The van der Waals surface area contributed by atoms with Gasteiger partial charge in [0.25, 0.3) is 0 Å². The van der Waals surface area contributed by atoms with Crippen molar-refractivity contribution in [2.75, 3.05) is 13.6 Å². The van der Waals surface area contributed by atoms with Crippen molar-refractivity contribution in [1.29, 1.82) is 0 Å². The molecule has 1 saturated heterocycles. The third kappa shape index (κ3) is 2.42. The van der Waals surface area contributed by atoms with E-state index in [0.29, 0.717) is 17.4 Å². The Kier molecular flexibility index (Phi) is 3.94. The number of hydrogen-bond acceptors (Lipinski definition) is 2. The Labute approximate surface area is 123 Å². The molecule has 20 heavy (non-hydrogen) atoms. The summed E-state index contributed by atoms with van der Waals surface area (Å²) in [4.78, 5) is 6.74. The number of hydrogen-bond donors (Lipinski definition) is 0. The van der Waals surface area contributed by atoms with E-state index in [1.165, 1.54) is 25.3 Å². The quantitative estimate of drug-likeness (QED) is 0.809. The number of piperidine rings is 1. The lowest BCUT2D eigenvalue weighted by Gasteiger charge is -2.33. The molecule has 0 spiro atoms. The first-order valence-electron chi connectivity index (χ1n) is 7.10. The molecule has 3 rings (SSSR count). The van der Waals surface area contributed by atoms with E-state index in [1.54, 1.807) is 6.07 Å². The molecule has 1 aliphatic heterocycles. The van der Waals surface area contributed by atoms with Crippen LogP contribution in [0.2, 0.25) is 0 Å². The number of nitrogens with zero attached hydrogens (tertiary/aromatic N) is 3. The highest BCUT2D eigenvalue weighted by molar-refractivity contribution is 6.16. The molecule has 1 atom stereocenters. The third-order valence-electron chi connectivity index (χ3n) is 4.24. The highest BCUT2D eigenvalue weighted by Crippen LogP contribution is 2.24. The zero-order valence-corrected chi connectivity index (χ0v) is 12.4. The van der Waals surface area contributed by atoms with Gasteiger partial charge in [-0.3, -0.25) is 0 Å². The van der Waals surface area contributed by atoms with Crippen molar-refractivity contribution in [1.82, 2.24) is 14.5 Å². The SMILES string of the molecule is CN1CCCCC1Cn1c(CCl)nc2c(F)cccc21. The van der Waals surface area contributed by atoms with Crippen LogP contribution in [0.25, 0.3) is 11.0 Å². The first-order valence-corrected chi connectivity index (χ1v) is 7.64. The molecule has 0 radical (unpaired) electrons. The van der Waals surface area contributed by atoms with Gasteiger partial charge in [-0.1, -0.05) is 12.5 Å². The second kappa shape index (κ2) is 5.70. The first kappa shape index (κ1) is 13.8. The van der Waals surface area contributed by atoms with Crippen LogP contribution in [0.3, 0.4) is 0 Å². The monoisotopic (exact) mass is 295 g/mol. The lowest BCUT2D eigenvalue weighted by molar-refractivity contribution is 0.168. The number of fused-ring (bicyclic) bond motifs is 1. The molecule has 1 aromatic carbocycles. The predicted molar refractivity (Wildman–Crippen MR) is 79.5 cm³/mol. The maximum absolute atomic E-state index is 13.8. The average molecular weight is 296 g/mol. The minimum atomic E-state index is -0.274. The fourth-order valence-corrected chi connectivity index (χ4v) is 3.26. The number of halogens is 2. The Balaban J connectivity index is 1.99. The van der Waals surface area contributed by atoms with Gasteiger partial charge in [0, 0.05) is 12.6 Å². The van der Waals surface area contributed by atoms with E-state index >= 15 is 0 Å². The van der Waals surface area contributed by atoms with E-state index in [1.807, 2.05) is 6.07 Å². The maximum atomic E-state index is 13.8. The van der Waals surface area contributed by atoms with Crippen LogP contribution in [0.15, 0.2) is 18.2 Å². The normalized spacial score (nSPS) is 20.6. The summed E-state index contributed by atoms with van der Waals surface area (Å²) in [6.45, 7) is 1.96. The second-order valence-electron chi connectivity index (χ2n) is 5.51. The van der Waals surface area contributed by atoms with Crippen LogP contribution in [0.4, 0.5) is 4.39 Å². The van der Waals surface area contributed by atoms with E-state index in [4.69, 9.17) is 11.6 Å². The van der Waals surface area contributed by atoms with Gasteiger partial charge in [-0.25, -0.2) is 9.37 Å². The van der Waals surface area contributed by atoms with Crippen molar-refractivity contribution in [3.05, 3.63) is 29.8 Å². The van der Waals surface area contributed by atoms with E-state index in [2.05, 4.69) is 21.5 Å². The van der Waals surface area contributed by atoms with Gasteiger partial charge in [0.05, 0.1) is 11.4 Å². The summed E-state index contributed by atoms with van der Waals surface area (Å²) in [5, 5.41) is 0. The molecule has 1 fully saturated rings. The van der Waals surface area contributed by atoms with E-state index in [9.17, 15) is 4.39 Å². The van der Waals surface area contributed by atoms with Gasteiger partial charge in [0.2, 0.25) is 0 Å². The van der Waals surface area contributed by atoms with Crippen molar-refractivity contribution in [2.24, 2.45) is 0 Å². The minimum absolute atomic E-state index is 0.274. The molecular formula is C15H19ClFN3. The van der Waals surface area contributed by atoms with Gasteiger partial charge in [0.15, 0.2) is 5.82 Å². The lowest BCUT2D eigenvalue weighted by Crippen LogP contribution is -2.39. The first-order chi connectivity index (χ1) is 9.70. The number of imidazole rings is 1. The molecule has 2 aromatic rings. The third-order valence-corrected chi connectivity index (χ3v) is 4.48. The molecular weight excluding hydrogens is 277 g/mol. The molecule has 5 heteroatoms. The Morgan fingerprint density at radius 1 is 1.40 bits per heavy atom. The van der Waals surface area contributed by atoms with Crippen LogP contribution in [0, 0.1) is 5.82 Å². The number of rotatable bonds is 3. The van der Waals surface area contributed by atoms with E-state index < -0.39 is 0 Å². The standard InChI is InChI=1S/C15H19ClFN3/c1-19-8-3-2-5-11(19)10-20-13-7-4-6-12(17)15(13)18-14(20)9-16/h4,6-7,11H,2-3,5,8-10H2,1H3. The summed E-state index contributed by atoms with van der Waals surface area (Å²) in [7, 11) is 2.16. The van der Waals surface area contributed by atoms with Crippen molar-refractivity contribution in [3.8, 4) is 0 Å². The highest BCUT2D eigenvalue weighted by atomic mass is 35.5. The van der Waals surface area contributed by atoms with Crippen molar-refractivity contribution in [3.63, 3.8) is 0 Å². The van der Waals surface area contributed by atoms with E-state index in [0.717, 1.165) is 24.4 Å². The number of likely N-dealkylation sites (tertiary alicyclic amines) is 1. The second-order valence-corrected chi connectivity index (χ2v) is 5.78. The Morgan fingerprint density at radius 3 is 3.00 bits per heavy atom. The zero-order valence-electron chi connectivity index (χ0n) is 11.6. The summed E-state index contributed by atoms with van der Waals surface area (Å²) in [5.74, 6) is 0.792. The molecule has 0 amide bonds. The molecule has 1 aliphatic rings. The summed E-state index contributed by atoms with van der Waals surface area (Å²) in [6.07, 6.45) is 3.69. The Hall–Kier alpha value is -1.13. The Morgan fingerprint density at radius 2 is 2.25 bits per heavy atom. The number of likely N-dealkylation sites (N-methyl/N-ethyl adjacent to an activating group) is 1. The zero-order chi connectivity index (χ0) is 14.1. The van der Waals surface area contributed by atoms with Gasteiger partial charge in [-0.05, 0) is 38.6 Å². The largest absolute Gasteiger partial charge is 0.325 e. The topological polar surface area (TPSA) is 21.1 Å². The van der Waals surface area contributed by atoms with Crippen LogP contribution in [0.5, 0.6) is 0 Å². The fraction of sp³-hybridized carbons (Fsp3) is 0.533. The molecule has 3 nitrogen and oxygen atoms in total. The number of para-hydroxylation sites is 1. The molecule has 0 saturated carbocycles. The molecule has 1 aromatic heterocycles. The minimum Gasteiger partial charge on any atom is -0.325 e. The van der Waals surface area contributed by atoms with Crippen molar-refractivity contribution >= 4 is 22.6 Å². The van der Waals surface area contributed by atoms with Crippen LogP contribution in [-0.2, 0) is 12.4 Å². The van der Waals surface area contributed by atoms with Gasteiger partial charge >= 0.3 is 0 Å². The lowest BCUT2D eigenvalue weighted by atomic mass is 10.0. The van der Waals surface area contributed by atoms with Gasteiger partial charge in [0.1, 0.15) is 11.3 Å². The number of aromatic nitrogens is 2. The smallest absolute Gasteiger partial charge is 0.151 e. The number of alkyl halides is 1. The van der Waals surface area contributed by atoms with Crippen LogP contribution in [-0.4, -0.2) is 34.1 Å². The summed E-state index contributed by atoms with van der Waals surface area (Å²) >= 11 is 5.99. The van der Waals surface area contributed by atoms with Crippen LogP contribution < -0.4 is 0 Å². The van der Waals surface area contributed by atoms with E-state index in [-0.39, 0.29) is 5.82 Å². The summed E-state index contributed by atoms with van der Waals surface area (Å²) in [5.41, 5.74) is 1.28. The predicted octanol–water partition coefficient (Wildman–Crippen LogP) is 3.40.